The summed E-state index contributed by atoms with van der Waals surface area (Å²) in [4.78, 5) is 12.0. The highest BCUT2D eigenvalue weighted by Gasteiger charge is 2.07. The van der Waals surface area contributed by atoms with Crippen molar-refractivity contribution in [2.45, 2.75) is 26.7 Å². The summed E-state index contributed by atoms with van der Waals surface area (Å²) < 4.78 is 0. The summed E-state index contributed by atoms with van der Waals surface area (Å²) in [5.41, 5.74) is 4.47. The third kappa shape index (κ3) is 4.21. The van der Waals surface area contributed by atoms with Crippen molar-refractivity contribution in [1.29, 1.82) is 0 Å². The zero-order chi connectivity index (χ0) is 13.7. The van der Waals surface area contributed by atoms with Crippen LogP contribution in [0.4, 0.5) is 0 Å². The molecule has 3 nitrogen and oxygen atoms in total. The summed E-state index contributed by atoms with van der Waals surface area (Å²) in [6.07, 6.45) is 4.28. The maximum Gasteiger partial charge on any atom is 0.251 e. The Kier molecular flexibility index (Phi) is 4.74. The molecule has 0 bridgehead atoms. The summed E-state index contributed by atoms with van der Waals surface area (Å²) in [5, 5.41) is 6.29. The highest BCUT2D eigenvalue weighted by atomic mass is 16.1. The van der Waals surface area contributed by atoms with Crippen molar-refractivity contribution >= 4 is 5.91 Å². The second-order valence-corrected chi connectivity index (χ2v) is 5.20. The Bertz CT molecular complexity index is 471. The SMILES string of the molecule is Cc1cc(C)cc(C(=O)NCCC2=CCNCC2)c1. The standard InChI is InChI=1S/C16H22N2O/c1-12-9-13(2)11-15(10-12)16(19)18-8-5-14-3-6-17-7-4-14/h3,9-11,17H,4-8H2,1-2H3,(H,18,19). The van der Waals surface area contributed by atoms with E-state index in [4.69, 9.17) is 0 Å². The predicted molar refractivity (Wildman–Crippen MR) is 78.4 cm³/mol. The molecule has 2 rings (SSSR count). The van der Waals surface area contributed by atoms with Gasteiger partial charge in [0.05, 0.1) is 0 Å². The molecule has 3 heteroatoms. The minimum atomic E-state index is 0.0290. The fourth-order valence-corrected chi connectivity index (χ4v) is 2.44. The number of aryl methyl sites for hydroxylation is 2. The van der Waals surface area contributed by atoms with Gasteiger partial charge in [0, 0.05) is 18.7 Å². The van der Waals surface area contributed by atoms with Crippen LogP contribution in [0.3, 0.4) is 0 Å². The lowest BCUT2D eigenvalue weighted by molar-refractivity contribution is 0.0954. The normalized spacial score (nSPS) is 14.9. The molecule has 0 unspecified atom stereocenters. The van der Waals surface area contributed by atoms with Crippen LogP contribution < -0.4 is 10.6 Å². The number of hydrogen-bond donors (Lipinski definition) is 2. The molecule has 1 aromatic rings. The van der Waals surface area contributed by atoms with E-state index in [2.05, 4.69) is 22.8 Å². The van der Waals surface area contributed by atoms with Crippen molar-refractivity contribution in [3.8, 4) is 0 Å². The van der Waals surface area contributed by atoms with Crippen LogP contribution in [0, 0.1) is 13.8 Å². The Balaban J connectivity index is 1.85. The topological polar surface area (TPSA) is 41.1 Å². The van der Waals surface area contributed by atoms with Crippen LogP contribution in [0.1, 0.15) is 34.3 Å². The molecule has 0 saturated heterocycles. The van der Waals surface area contributed by atoms with E-state index < -0.39 is 0 Å². The van der Waals surface area contributed by atoms with Crippen molar-refractivity contribution in [2.24, 2.45) is 0 Å². The van der Waals surface area contributed by atoms with Gasteiger partial charge in [-0.1, -0.05) is 28.8 Å². The molecule has 2 N–H and O–H groups in total. The summed E-state index contributed by atoms with van der Waals surface area (Å²) >= 11 is 0. The molecule has 0 saturated carbocycles. The molecule has 0 aromatic heterocycles. The van der Waals surface area contributed by atoms with E-state index >= 15 is 0 Å². The molecule has 0 radical (unpaired) electrons. The lowest BCUT2D eigenvalue weighted by Gasteiger charge is -2.14. The van der Waals surface area contributed by atoms with Gasteiger partial charge in [0.1, 0.15) is 0 Å². The van der Waals surface area contributed by atoms with Crippen molar-refractivity contribution in [3.63, 3.8) is 0 Å². The molecule has 0 spiro atoms. The first kappa shape index (κ1) is 13.8. The van der Waals surface area contributed by atoms with Gasteiger partial charge < -0.3 is 10.6 Å². The number of rotatable bonds is 4. The highest BCUT2D eigenvalue weighted by molar-refractivity contribution is 5.94. The van der Waals surface area contributed by atoms with Gasteiger partial charge in [0.25, 0.3) is 5.91 Å². The number of benzene rings is 1. The molecular formula is C16H22N2O. The fraction of sp³-hybridized carbons (Fsp3) is 0.438. The van der Waals surface area contributed by atoms with E-state index in [0.29, 0.717) is 0 Å². The first-order chi connectivity index (χ1) is 9.15. The van der Waals surface area contributed by atoms with Crippen molar-refractivity contribution in [1.82, 2.24) is 10.6 Å². The molecule has 102 valence electrons. The third-order valence-electron chi connectivity index (χ3n) is 3.37. The molecular weight excluding hydrogens is 236 g/mol. The van der Waals surface area contributed by atoms with Gasteiger partial charge >= 0.3 is 0 Å². The van der Waals surface area contributed by atoms with Crippen molar-refractivity contribution < 1.29 is 4.79 Å². The van der Waals surface area contributed by atoms with E-state index in [1.54, 1.807) is 0 Å². The van der Waals surface area contributed by atoms with Crippen LogP contribution in [0.5, 0.6) is 0 Å². The zero-order valence-electron chi connectivity index (χ0n) is 11.8. The van der Waals surface area contributed by atoms with Crippen molar-refractivity contribution in [3.05, 3.63) is 46.5 Å². The molecule has 1 heterocycles. The molecule has 1 amide bonds. The molecule has 19 heavy (non-hydrogen) atoms. The smallest absolute Gasteiger partial charge is 0.251 e. The molecule has 0 atom stereocenters. The van der Waals surface area contributed by atoms with Gasteiger partial charge in [-0.2, -0.15) is 0 Å². The third-order valence-corrected chi connectivity index (χ3v) is 3.37. The second-order valence-electron chi connectivity index (χ2n) is 5.20. The van der Waals surface area contributed by atoms with Crippen LogP contribution >= 0.6 is 0 Å². The first-order valence-electron chi connectivity index (χ1n) is 6.90. The van der Waals surface area contributed by atoms with E-state index in [9.17, 15) is 4.79 Å². The fourth-order valence-electron chi connectivity index (χ4n) is 2.44. The molecule has 1 aromatic carbocycles. The van der Waals surface area contributed by atoms with Crippen LogP contribution in [-0.2, 0) is 0 Å². The molecule has 0 fully saturated rings. The van der Waals surface area contributed by atoms with Gasteiger partial charge in [0.15, 0.2) is 0 Å². The van der Waals surface area contributed by atoms with Gasteiger partial charge in [0.2, 0.25) is 0 Å². The second kappa shape index (κ2) is 6.53. The maximum absolute atomic E-state index is 12.0. The largest absolute Gasteiger partial charge is 0.352 e. The summed E-state index contributed by atoms with van der Waals surface area (Å²) in [7, 11) is 0. The summed E-state index contributed by atoms with van der Waals surface area (Å²) in [6, 6.07) is 5.95. The van der Waals surface area contributed by atoms with Crippen LogP contribution in [-0.4, -0.2) is 25.5 Å². The van der Waals surface area contributed by atoms with Gasteiger partial charge in [-0.25, -0.2) is 0 Å². The van der Waals surface area contributed by atoms with E-state index in [1.165, 1.54) is 5.57 Å². The van der Waals surface area contributed by atoms with E-state index in [-0.39, 0.29) is 5.91 Å². The number of nitrogens with one attached hydrogen (secondary N) is 2. The quantitative estimate of drug-likeness (QED) is 0.814. The lowest BCUT2D eigenvalue weighted by atomic mass is 10.1. The van der Waals surface area contributed by atoms with Crippen LogP contribution in [0.15, 0.2) is 29.8 Å². The van der Waals surface area contributed by atoms with E-state index in [1.807, 2.05) is 26.0 Å². The van der Waals surface area contributed by atoms with E-state index in [0.717, 1.165) is 49.2 Å². The van der Waals surface area contributed by atoms with Crippen LogP contribution in [0.2, 0.25) is 0 Å². The summed E-state index contributed by atoms with van der Waals surface area (Å²) in [6.45, 7) is 6.77. The van der Waals surface area contributed by atoms with Gasteiger partial charge in [-0.05, 0) is 45.4 Å². The highest BCUT2D eigenvalue weighted by Crippen LogP contribution is 2.10. The zero-order valence-corrected chi connectivity index (χ0v) is 11.8. The van der Waals surface area contributed by atoms with Gasteiger partial charge in [-0.3, -0.25) is 4.79 Å². The Morgan fingerprint density at radius 3 is 2.63 bits per heavy atom. The average molecular weight is 258 g/mol. The molecule has 1 aliphatic heterocycles. The Labute approximate surface area is 115 Å². The average Bonchev–Trinajstić information content (AvgIpc) is 2.38. The minimum Gasteiger partial charge on any atom is -0.352 e. The minimum absolute atomic E-state index is 0.0290. The number of hydrogen-bond acceptors (Lipinski definition) is 2. The lowest BCUT2D eigenvalue weighted by Crippen LogP contribution is -2.26. The van der Waals surface area contributed by atoms with Gasteiger partial charge in [-0.15, -0.1) is 0 Å². The maximum atomic E-state index is 12.0. The summed E-state index contributed by atoms with van der Waals surface area (Å²) in [5.74, 6) is 0.0290. The Morgan fingerprint density at radius 2 is 2.00 bits per heavy atom. The van der Waals surface area contributed by atoms with Crippen molar-refractivity contribution in [2.75, 3.05) is 19.6 Å². The molecule has 0 aliphatic carbocycles. The molecule has 1 aliphatic rings. The Morgan fingerprint density at radius 1 is 1.26 bits per heavy atom. The number of amides is 1. The number of carbonyl (C=O) groups is 1. The predicted octanol–water partition coefficient (Wildman–Crippen LogP) is 2.34. The first-order valence-corrected chi connectivity index (χ1v) is 6.90. The van der Waals surface area contributed by atoms with Crippen LogP contribution in [0.25, 0.3) is 0 Å². The Hall–Kier alpha value is -1.61. The monoisotopic (exact) mass is 258 g/mol. The number of carbonyl (C=O) groups excluding carboxylic acids is 1.